The lowest BCUT2D eigenvalue weighted by atomic mass is 10.2. The van der Waals surface area contributed by atoms with Gasteiger partial charge >= 0.3 is 0 Å². The molecule has 3 rings (SSSR count). The monoisotopic (exact) mass is 268 g/mol. The number of fused-ring (bicyclic) bond motifs is 1. The molecule has 0 unspecified atom stereocenters. The summed E-state index contributed by atoms with van der Waals surface area (Å²) in [5.41, 5.74) is 1.64. The molecule has 0 aliphatic carbocycles. The van der Waals surface area contributed by atoms with Gasteiger partial charge in [0.05, 0.1) is 17.5 Å². The largest absolute Gasteiger partial charge is 0.463 e. The molecule has 3 aromatic rings. The summed E-state index contributed by atoms with van der Waals surface area (Å²) in [6, 6.07) is 4.87. The van der Waals surface area contributed by atoms with Crippen molar-refractivity contribution < 1.29 is 13.2 Å². The Morgan fingerprint density at radius 3 is 2.94 bits per heavy atom. The lowest BCUT2D eigenvalue weighted by Gasteiger charge is -1.98. The van der Waals surface area contributed by atoms with Crippen molar-refractivity contribution >= 4 is 22.5 Å². The molecule has 0 atom stereocenters. The standard InChI is InChI=1S/C12H7ClF2N2O/c13-10-4-8-6(5-16-10)3-9(17-8)7-1-2-18-11(7)12(14)15/h1-5,12,17H. The van der Waals surface area contributed by atoms with Crippen LogP contribution in [-0.4, -0.2) is 9.97 Å². The number of furan rings is 1. The molecule has 0 spiro atoms. The summed E-state index contributed by atoms with van der Waals surface area (Å²) in [5.74, 6) is -0.347. The number of H-pyrrole nitrogens is 1. The Morgan fingerprint density at radius 2 is 2.17 bits per heavy atom. The van der Waals surface area contributed by atoms with Crippen LogP contribution in [0.1, 0.15) is 12.2 Å². The zero-order valence-corrected chi connectivity index (χ0v) is 9.71. The normalized spacial score (nSPS) is 11.6. The van der Waals surface area contributed by atoms with Crippen LogP contribution in [0.25, 0.3) is 22.2 Å². The Hall–Kier alpha value is -1.88. The first-order valence-corrected chi connectivity index (χ1v) is 5.53. The molecule has 0 fully saturated rings. The maximum absolute atomic E-state index is 12.7. The molecule has 6 heteroatoms. The number of nitrogens with zero attached hydrogens (tertiary/aromatic N) is 1. The lowest BCUT2D eigenvalue weighted by molar-refractivity contribution is 0.122. The molecular weight excluding hydrogens is 262 g/mol. The maximum atomic E-state index is 12.7. The van der Waals surface area contributed by atoms with E-state index in [2.05, 4.69) is 9.97 Å². The fourth-order valence-corrected chi connectivity index (χ4v) is 2.02. The van der Waals surface area contributed by atoms with Crippen molar-refractivity contribution in [1.29, 1.82) is 0 Å². The fraction of sp³-hybridized carbons (Fsp3) is 0.0833. The molecule has 0 saturated heterocycles. The fourth-order valence-electron chi connectivity index (χ4n) is 1.86. The number of hydrogen-bond acceptors (Lipinski definition) is 2. The van der Waals surface area contributed by atoms with Gasteiger partial charge in [-0.1, -0.05) is 11.6 Å². The van der Waals surface area contributed by atoms with Gasteiger partial charge in [0.25, 0.3) is 6.43 Å². The highest BCUT2D eigenvalue weighted by Crippen LogP contribution is 2.33. The number of halogens is 3. The number of alkyl halides is 2. The van der Waals surface area contributed by atoms with Crippen molar-refractivity contribution in [1.82, 2.24) is 9.97 Å². The molecule has 0 radical (unpaired) electrons. The van der Waals surface area contributed by atoms with Crippen molar-refractivity contribution in [2.75, 3.05) is 0 Å². The highest BCUT2D eigenvalue weighted by molar-refractivity contribution is 6.30. The Bertz CT molecular complexity index is 705. The van der Waals surface area contributed by atoms with Crippen molar-refractivity contribution in [2.45, 2.75) is 6.43 Å². The van der Waals surface area contributed by atoms with Gasteiger partial charge < -0.3 is 9.40 Å². The molecule has 3 aromatic heterocycles. The zero-order chi connectivity index (χ0) is 12.7. The molecule has 0 saturated carbocycles. The smallest absolute Gasteiger partial charge is 0.296 e. The lowest BCUT2D eigenvalue weighted by Crippen LogP contribution is -1.84. The second kappa shape index (κ2) is 4.10. The minimum atomic E-state index is -2.65. The van der Waals surface area contributed by atoms with Crippen LogP contribution in [0.5, 0.6) is 0 Å². The van der Waals surface area contributed by atoms with Crippen LogP contribution < -0.4 is 0 Å². The highest BCUT2D eigenvalue weighted by Gasteiger charge is 2.19. The quantitative estimate of drug-likeness (QED) is 0.699. The van der Waals surface area contributed by atoms with E-state index in [-0.39, 0.29) is 5.76 Å². The van der Waals surface area contributed by atoms with Gasteiger partial charge in [-0.05, 0) is 18.2 Å². The Kier molecular flexibility index (Phi) is 2.56. The van der Waals surface area contributed by atoms with Crippen molar-refractivity contribution in [3.63, 3.8) is 0 Å². The van der Waals surface area contributed by atoms with Crippen molar-refractivity contribution in [3.05, 3.63) is 41.6 Å². The first kappa shape index (κ1) is 11.2. The maximum Gasteiger partial charge on any atom is 0.296 e. The molecule has 92 valence electrons. The van der Waals surface area contributed by atoms with Crippen LogP contribution in [0.3, 0.4) is 0 Å². The summed E-state index contributed by atoms with van der Waals surface area (Å²) in [6.07, 6.45) is 0.177. The minimum absolute atomic E-state index is 0.345. The summed E-state index contributed by atoms with van der Waals surface area (Å²) >= 11 is 5.76. The van der Waals surface area contributed by atoms with E-state index in [9.17, 15) is 8.78 Å². The second-order valence-corrected chi connectivity index (χ2v) is 4.16. The van der Waals surface area contributed by atoms with Gasteiger partial charge in [0.2, 0.25) is 0 Å². The van der Waals surface area contributed by atoms with Gasteiger partial charge in [-0.15, -0.1) is 0 Å². The van der Waals surface area contributed by atoms with Crippen LogP contribution in [0.4, 0.5) is 8.78 Å². The molecule has 3 nitrogen and oxygen atoms in total. The SMILES string of the molecule is FC(F)c1occc1-c1cc2cnc(Cl)cc2[nH]1. The Labute approximate surface area is 105 Å². The summed E-state index contributed by atoms with van der Waals surface area (Å²) in [5, 5.41) is 1.15. The molecule has 0 bridgehead atoms. The minimum Gasteiger partial charge on any atom is -0.463 e. The summed E-state index contributed by atoms with van der Waals surface area (Å²) in [7, 11) is 0. The van der Waals surface area contributed by atoms with E-state index >= 15 is 0 Å². The number of hydrogen-bond donors (Lipinski definition) is 1. The van der Waals surface area contributed by atoms with Gasteiger partial charge in [0.1, 0.15) is 5.15 Å². The predicted octanol–water partition coefficient (Wildman–Crippen LogP) is 4.41. The summed E-state index contributed by atoms with van der Waals surface area (Å²) in [4.78, 5) is 6.95. The van der Waals surface area contributed by atoms with Crippen LogP contribution in [0.15, 0.2) is 35.1 Å². The number of aromatic nitrogens is 2. The van der Waals surface area contributed by atoms with Crippen LogP contribution in [0, 0.1) is 0 Å². The third kappa shape index (κ3) is 1.76. The van der Waals surface area contributed by atoms with Gasteiger partial charge in [-0.3, -0.25) is 0 Å². The third-order valence-corrected chi connectivity index (χ3v) is 2.86. The van der Waals surface area contributed by atoms with E-state index in [0.717, 1.165) is 10.9 Å². The van der Waals surface area contributed by atoms with E-state index in [1.807, 2.05) is 0 Å². The first-order chi connectivity index (χ1) is 8.65. The van der Waals surface area contributed by atoms with Crippen molar-refractivity contribution in [3.8, 4) is 11.3 Å². The predicted molar refractivity (Wildman–Crippen MR) is 63.8 cm³/mol. The van der Waals surface area contributed by atoms with Crippen LogP contribution in [0.2, 0.25) is 5.15 Å². The van der Waals surface area contributed by atoms with Gasteiger partial charge in [-0.2, -0.15) is 0 Å². The average molecular weight is 269 g/mol. The van der Waals surface area contributed by atoms with E-state index < -0.39 is 6.43 Å². The first-order valence-electron chi connectivity index (χ1n) is 5.15. The molecule has 0 aliphatic heterocycles. The van der Waals surface area contributed by atoms with E-state index in [1.54, 1.807) is 18.3 Å². The third-order valence-electron chi connectivity index (χ3n) is 2.65. The van der Waals surface area contributed by atoms with Crippen LogP contribution in [-0.2, 0) is 0 Å². The Morgan fingerprint density at radius 1 is 1.33 bits per heavy atom. The summed E-state index contributed by atoms with van der Waals surface area (Å²) < 4.78 is 30.2. The number of pyridine rings is 1. The molecule has 18 heavy (non-hydrogen) atoms. The molecular formula is C12H7ClF2N2O. The molecule has 0 amide bonds. The van der Waals surface area contributed by atoms with E-state index in [1.165, 1.54) is 12.3 Å². The zero-order valence-electron chi connectivity index (χ0n) is 8.95. The average Bonchev–Trinajstić information content (AvgIpc) is 2.93. The Balaban J connectivity index is 2.16. The van der Waals surface area contributed by atoms with E-state index in [4.69, 9.17) is 16.0 Å². The molecule has 1 N–H and O–H groups in total. The van der Waals surface area contributed by atoms with Gasteiger partial charge in [-0.25, -0.2) is 13.8 Å². The van der Waals surface area contributed by atoms with Crippen LogP contribution >= 0.6 is 11.6 Å². The number of nitrogens with one attached hydrogen (secondary N) is 1. The highest BCUT2D eigenvalue weighted by atomic mass is 35.5. The van der Waals surface area contributed by atoms with Crippen molar-refractivity contribution in [2.24, 2.45) is 0 Å². The van der Waals surface area contributed by atoms with Gasteiger partial charge in [0.15, 0.2) is 5.76 Å². The molecule has 3 heterocycles. The van der Waals surface area contributed by atoms with Gasteiger partial charge in [0, 0.05) is 17.1 Å². The topological polar surface area (TPSA) is 41.8 Å². The number of aromatic amines is 1. The molecule has 0 aliphatic rings. The summed E-state index contributed by atoms with van der Waals surface area (Å²) in [6.45, 7) is 0. The number of rotatable bonds is 2. The molecule has 0 aromatic carbocycles. The van der Waals surface area contributed by atoms with E-state index in [0.29, 0.717) is 16.4 Å². The second-order valence-electron chi connectivity index (χ2n) is 3.78.